The number of amides is 1. The van der Waals surface area contributed by atoms with Crippen molar-refractivity contribution in [1.29, 1.82) is 0 Å². The van der Waals surface area contributed by atoms with Crippen LogP contribution in [0.3, 0.4) is 0 Å². The van der Waals surface area contributed by atoms with Gasteiger partial charge < -0.3 is 15.4 Å². The van der Waals surface area contributed by atoms with Crippen LogP contribution in [0.2, 0.25) is 0 Å². The quantitative estimate of drug-likeness (QED) is 0.736. The summed E-state index contributed by atoms with van der Waals surface area (Å²) in [6.07, 6.45) is 3.35. The molecule has 1 saturated heterocycles. The minimum Gasteiger partial charge on any atom is -0.444 e. The molecular weight excluding hydrogens is 366 g/mol. The van der Waals surface area contributed by atoms with Crippen molar-refractivity contribution < 1.29 is 9.53 Å². The molecule has 1 amide bonds. The van der Waals surface area contributed by atoms with Crippen molar-refractivity contribution in [3.8, 4) is 11.3 Å². The van der Waals surface area contributed by atoms with E-state index in [9.17, 15) is 4.79 Å². The van der Waals surface area contributed by atoms with Gasteiger partial charge in [-0.3, -0.25) is 0 Å². The lowest BCUT2D eigenvalue weighted by molar-refractivity contribution is 0.00820. The second-order valence-corrected chi connectivity index (χ2v) is 8.64. The minimum absolute atomic E-state index is 0.256. The second-order valence-electron chi connectivity index (χ2n) is 8.64. The van der Waals surface area contributed by atoms with Crippen molar-refractivity contribution >= 4 is 11.6 Å². The summed E-state index contributed by atoms with van der Waals surface area (Å²) in [5.74, 6) is 0.276. The lowest BCUT2D eigenvalue weighted by Gasteiger charge is -2.39. The third kappa shape index (κ3) is 3.82. The van der Waals surface area contributed by atoms with Crippen LogP contribution in [0, 0.1) is 6.92 Å². The molecule has 0 unspecified atom stereocenters. The van der Waals surface area contributed by atoms with E-state index >= 15 is 0 Å². The number of fused-ring (bicyclic) bond motifs is 1. The van der Waals surface area contributed by atoms with Crippen LogP contribution in [0.1, 0.15) is 43.4 Å². The molecule has 2 N–H and O–H groups in total. The van der Waals surface area contributed by atoms with E-state index in [4.69, 9.17) is 10.5 Å². The van der Waals surface area contributed by atoms with E-state index in [-0.39, 0.29) is 12.0 Å². The van der Waals surface area contributed by atoms with Gasteiger partial charge in [0.05, 0.1) is 11.2 Å². The molecule has 0 bridgehead atoms. The van der Waals surface area contributed by atoms with Gasteiger partial charge in [0.1, 0.15) is 11.9 Å². The van der Waals surface area contributed by atoms with E-state index in [1.807, 2.05) is 31.5 Å². The molecule has 7 nitrogen and oxygen atoms in total. The Labute approximate surface area is 170 Å². The molecule has 1 aliphatic rings. The van der Waals surface area contributed by atoms with Gasteiger partial charge in [-0.05, 0) is 56.5 Å². The first-order chi connectivity index (χ1) is 13.7. The first-order valence-corrected chi connectivity index (χ1v) is 9.86. The predicted molar refractivity (Wildman–Crippen MR) is 112 cm³/mol. The van der Waals surface area contributed by atoms with Crippen LogP contribution in [0.4, 0.5) is 4.79 Å². The average molecular weight is 393 g/mol. The van der Waals surface area contributed by atoms with Gasteiger partial charge in [-0.15, -0.1) is 0 Å². The predicted octanol–water partition coefficient (Wildman–Crippen LogP) is 3.50. The van der Waals surface area contributed by atoms with Crippen molar-refractivity contribution in [1.82, 2.24) is 19.5 Å². The summed E-state index contributed by atoms with van der Waals surface area (Å²) < 4.78 is 7.30. The Bertz CT molecular complexity index is 1060. The normalized spacial score (nSPS) is 14.9. The van der Waals surface area contributed by atoms with Crippen LogP contribution in [0.25, 0.3) is 16.8 Å². The number of carbonyl (C=O) groups excluding carboxylic acids is 1. The summed E-state index contributed by atoms with van der Waals surface area (Å²) in [5, 5.41) is 4.37. The van der Waals surface area contributed by atoms with E-state index in [0.717, 1.165) is 33.5 Å². The molecule has 152 valence electrons. The van der Waals surface area contributed by atoms with Gasteiger partial charge in [0, 0.05) is 37.3 Å². The van der Waals surface area contributed by atoms with E-state index < -0.39 is 5.60 Å². The third-order valence-electron chi connectivity index (χ3n) is 5.27. The summed E-state index contributed by atoms with van der Waals surface area (Å²) in [7, 11) is 0. The molecule has 1 aliphatic heterocycles. The third-order valence-corrected chi connectivity index (χ3v) is 5.27. The van der Waals surface area contributed by atoms with Gasteiger partial charge >= 0.3 is 6.09 Å². The highest BCUT2D eigenvalue weighted by atomic mass is 16.6. The Kier molecular flexibility index (Phi) is 4.78. The van der Waals surface area contributed by atoms with E-state index in [0.29, 0.717) is 19.6 Å². The maximum atomic E-state index is 12.2. The molecule has 0 radical (unpaired) electrons. The molecule has 3 aromatic rings. The van der Waals surface area contributed by atoms with Crippen LogP contribution in [0.15, 0.2) is 36.8 Å². The van der Waals surface area contributed by atoms with Crippen molar-refractivity contribution in [2.24, 2.45) is 5.73 Å². The van der Waals surface area contributed by atoms with E-state index in [1.54, 1.807) is 11.2 Å². The number of carbonyl (C=O) groups is 1. The number of hydrogen-bond acceptors (Lipinski definition) is 5. The Balaban J connectivity index is 1.56. The monoisotopic (exact) mass is 393 g/mol. The van der Waals surface area contributed by atoms with Gasteiger partial charge in [0.25, 0.3) is 0 Å². The summed E-state index contributed by atoms with van der Waals surface area (Å²) in [6.45, 7) is 9.53. The highest BCUT2D eigenvalue weighted by Crippen LogP contribution is 2.32. The number of aromatic nitrogens is 3. The van der Waals surface area contributed by atoms with Gasteiger partial charge in [-0.1, -0.05) is 12.1 Å². The number of benzene rings is 1. The maximum absolute atomic E-state index is 12.2. The zero-order valence-corrected chi connectivity index (χ0v) is 17.3. The van der Waals surface area contributed by atoms with Crippen LogP contribution in [-0.4, -0.2) is 44.3 Å². The summed E-state index contributed by atoms with van der Waals surface area (Å²) >= 11 is 0. The topological polar surface area (TPSA) is 85.8 Å². The number of likely N-dealkylation sites (tertiary alicyclic amines) is 1. The van der Waals surface area contributed by atoms with Gasteiger partial charge in [0.2, 0.25) is 0 Å². The Morgan fingerprint density at radius 3 is 2.69 bits per heavy atom. The molecule has 0 saturated carbocycles. The number of hydrogen-bond donors (Lipinski definition) is 1. The largest absolute Gasteiger partial charge is 0.444 e. The Morgan fingerprint density at radius 1 is 1.28 bits per heavy atom. The Hall–Kier alpha value is -2.93. The lowest BCUT2D eigenvalue weighted by atomic mass is 9.94. The average Bonchev–Trinajstić information content (AvgIpc) is 3.02. The van der Waals surface area contributed by atoms with Crippen molar-refractivity contribution in [2.45, 2.75) is 45.8 Å². The fourth-order valence-corrected chi connectivity index (χ4v) is 3.63. The second kappa shape index (κ2) is 7.15. The minimum atomic E-state index is -0.477. The summed E-state index contributed by atoms with van der Waals surface area (Å²) in [6, 6.07) is 8.35. The molecule has 2 aromatic heterocycles. The number of rotatable bonds is 3. The molecule has 4 rings (SSSR count). The number of nitrogens with zero attached hydrogens (tertiary/aromatic N) is 4. The van der Waals surface area contributed by atoms with Crippen LogP contribution >= 0.6 is 0 Å². The highest BCUT2D eigenvalue weighted by Gasteiger charge is 2.35. The lowest BCUT2D eigenvalue weighted by Crippen LogP contribution is -2.50. The molecular formula is C22H27N5O2. The van der Waals surface area contributed by atoms with Gasteiger partial charge in [-0.2, -0.15) is 5.10 Å². The molecule has 29 heavy (non-hydrogen) atoms. The van der Waals surface area contributed by atoms with Crippen molar-refractivity contribution in [2.75, 3.05) is 13.1 Å². The summed E-state index contributed by atoms with van der Waals surface area (Å²) in [5.41, 5.74) is 11.6. The Morgan fingerprint density at radius 2 is 2.03 bits per heavy atom. The standard InChI is InChI=1S/C22H27N5O2/c1-14-7-15(5-6-16(14)9-23)20-19-8-17(12-27(19)25-13-24-20)18-10-26(11-18)21(28)29-22(2,3)4/h5-8,12-13,18H,9-11,23H2,1-4H3. The fourth-order valence-electron chi connectivity index (χ4n) is 3.63. The zero-order chi connectivity index (χ0) is 20.8. The fraction of sp³-hybridized carbons (Fsp3) is 0.409. The molecule has 0 aliphatic carbocycles. The number of ether oxygens (including phenoxy) is 1. The SMILES string of the molecule is Cc1cc(-c2ncnn3cc(C4CN(C(=O)OC(C)(C)C)C4)cc23)ccc1CN. The molecule has 0 atom stereocenters. The maximum Gasteiger partial charge on any atom is 0.410 e. The smallest absolute Gasteiger partial charge is 0.410 e. The molecule has 3 heterocycles. The zero-order valence-electron chi connectivity index (χ0n) is 17.3. The van der Waals surface area contributed by atoms with Gasteiger partial charge in [-0.25, -0.2) is 14.3 Å². The molecule has 1 fully saturated rings. The molecule has 1 aromatic carbocycles. The molecule has 7 heteroatoms. The van der Waals surface area contributed by atoms with Crippen molar-refractivity contribution in [3.05, 3.63) is 53.5 Å². The first-order valence-electron chi connectivity index (χ1n) is 9.86. The van der Waals surface area contributed by atoms with Crippen LogP contribution in [0.5, 0.6) is 0 Å². The first kappa shape index (κ1) is 19.4. The van der Waals surface area contributed by atoms with E-state index in [2.05, 4.69) is 41.3 Å². The molecule has 0 spiro atoms. The number of aryl methyl sites for hydroxylation is 1. The number of nitrogens with two attached hydrogens (primary N) is 1. The van der Waals surface area contributed by atoms with Crippen LogP contribution in [-0.2, 0) is 11.3 Å². The van der Waals surface area contributed by atoms with E-state index in [1.165, 1.54) is 0 Å². The van der Waals surface area contributed by atoms with Crippen LogP contribution < -0.4 is 5.73 Å². The highest BCUT2D eigenvalue weighted by molar-refractivity contribution is 5.78. The summed E-state index contributed by atoms with van der Waals surface area (Å²) in [4.78, 5) is 18.4. The van der Waals surface area contributed by atoms with Crippen molar-refractivity contribution in [3.63, 3.8) is 0 Å². The van der Waals surface area contributed by atoms with Gasteiger partial charge in [0.15, 0.2) is 0 Å².